The van der Waals surface area contributed by atoms with Crippen LogP contribution in [0.5, 0.6) is 0 Å². The number of hydrogen-bond donors (Lipinski definition) is 3. The maximum atomic E-state index is 11.6. The highest BCUT2D eigenvalue weighted by Crippen LogP contribution is 2.67. The van der Waals surface area contributed by atoms with Crippen molar-refractivity contribution in [3.63, 3.8) is 0 Å². The van der Waals surface area contributed by atoms with Crippen molar-refractivity contribution in [2.24, 2.45) is 28.6 Å². The molecular weight excluding hydrogens is 356 g/mol. The Morgan fingerprint density at radius 1 is 1.21 bits per heavy atom. The lowest BCUT2D eigenvalue weighted by Gasteiger charge is -2.63. The molecule has 5 heteroatoms. The van der Waals surface area contributed by atoms with Crippen LogP contribution < -0.4 is 0 Å². The number of ether oxygens (including phenoxy) is 1. The molecule has 0 aromatic carbocycles. The zero-order valence-corrected chi connectivity index (χ0v) is 16.7. The summed E-state index contributed by atoms with van der Waals surface area (Å²) in [6, 6.07) is 0. The topological polar surface area (TPSA) is 87.0 Å². The normalized spacial score (nSPS) is 50.2. The van der Waals surface area contributed by atoms with E-state index in [0.29, 0.717) is 44.1 Å². The molecule has 5 nitrogen and oxygen atoms in total. The zero-order chi connectivity index (χ0) is 19.7. The van der Waals surface area contributed by atoms with E-state index >= 15 is 0 Å². The molecule has 1 aliphatic heterocycles. The van der Waals surface area contributed by atoms with Gasteiger partial charge in [-0.05, 0) is 73.7 Å². The van der Waals surface area contributed by atoms with Crippen LogP contribution >= 0.6 is 0 Å². The lowest BCUT2D eigenvalue weighted by molar-refractivity contribution is -0.224. The quantitative estimate of drug-likeness (QED) is 0.500. The van der Waals surface area contributed by atoms with E-state index in [-0.39, 0.29) is 23.9 Å². The molecule has 3 fully saturated rings. The van der Waals surface area contributed by atoms with E-state index in [1.54, 1.807) is 6.08 Å². The van der Waals surface area contributed by atoms with Gasteiger partial charge in [0.25, 0.3) is 0 Å². The average molecular weight is 389 g/mol. The minimum absolute atomic E-state index is 0.00168. The predicted octanol–water partition coefficient (Wildman–Crippen LogP) is 2.50. The summed E-state index contributed by atoms with van der Waals surface area (Å²) in [5, 5.41) is 32.2. The van der Waals surface area contributed by atoms with Gasteiger partial charge in [0.1, 0.15) is 6.61 Å². The highest BCUT2D eigenvalue weighted by molar-refractivity contribution is 5.85. The molecule has 1 heterocycles. The molecule has 3 saturated carbocycles. The van der Waals surface area contributed by atoms with Gasteiger partial charge in [0.2, 0.25) is 0 Å². The summed E-state index contributed by atoms with van der Waals surface area (Å²) in [5.74, 6) is 0.750. The fraction of sp³-hybridized carbons (Fsp3) is 0.783. The molecule has 5 aliphatic rings. The highest BCUT2D eigenvalue weighted by Gasteiger charge is 2.64. The minimum atomic E-state index is -0.957. The first-order valence-corrected chi connectivity index (χ1v) is 10.9. The second kappa shape index (κ2) is 6.16. The first-order chi connectivity index (χ1) is 13.3. The third-order valence-electron chi connectivity index (χ3n) is 9.28. The monoisotopic (exact) mass is 388 g/mol. The minimum Gasteiger partial charge on any atom is -0.458 e. The van der Waals surface area contributed by atoms with Crippen LogP contribution in [0.2, 0.25) is 0 Å². The number of cyclic esters (lactones) is 1. The average Bonchev–Trinajstić information content (AvgIpc) is 3.23. The van der Waals surface area contributed by atoms with E-state index in [1.165, 1.54) is 5.57 Å². The Morgan fingerprint density at radius 2 is 2.04 bits per heavy atom. The van der Waals surface area contributed by atoms with Gasteiger partial charge in [-0.15, -0.1) is 0 Å². The summed E-state index contributed by atoms with van der Waals surface area (Å²) >= 11 is 0. The van der Waals surface area contributed by atoms with Gasteiger partial charge < -0.3 is 20.1 Å². The molecule has 5 rings (SSSR count). The molecule has 0 spiro atoms. The van der Waals surface area contributed by atoms with Crippen LogP contribution in [0.4, 0.5) is 0 Å². The van der Waals surface area contributed by atoms with E-state index in [2.05, 4.69) is 13.0 Å². The molecule has 3 N–H and O–H groups in total. The van der Waals surface area contributed by atoms with Gasteiger partial charge in [-0.25, -0.2) is 4.79 Å². The zero-order valence-electron chi connectivity index (χ0n) is 16.7. The molecule has 0 unspecified atom stereocenters. The van der Waals surface area contributed by atoms with E-state index in [4.69, 9.17) is 4.74 Å². The number of rotatable bonds is 2. The molecular formula is C23H32O5. The number of fused-ring (bicyclic) bond motifs is 5. The lowest BCUT2D eigenvalue weighted by atomic mass is 9.43. The molecule has 0 aromatic heterocycles. The Kier molecular flexibility index (Phi) is 4.15. The summed E-state index contributed by atoms with van der Waals surface area (Å²) in [6.07, 6.45) is 9.87. The Labute approximate surface area is 166 Å². The molecule has 0 bridgehead atoms. The number of carbonyl (C=O) groups excluding carboxylic acids is 1. The number of aliphatic hydroxyl groups is 3. The lowest BCUT2D eigenvalue weighted by Crippen LogP contribution is -2.64. The molecule has 0 amide bonds. The van der Waals surface area contributed by atoms with E-state index < -0.39 is 17.1 Å². The second-order valence-corrected chi connectivity index (χ2v) is 10.2. The van der Waals surface area contributed by atoms with Crippen molar-refractivity contribution in [2.75, 3.05) is 13.2 Å². The molecule has 0 saturated heterocycles. The molecule has 0 aromatic rings. The Bertz CT molecular complexity index is 756. The molecule has 7 atom stereocenters. The van der Waals surface area contributed by atoms with Gasteiger partial charge in [0, 0.05) is 17.9 Å². The van der Waals surface area contributed by atoms with Gasteiger partial charge in [-0.2, -0.15) is 0 Å². The van der Waals surface area contributed by atoms with E-state index in [9.17, 15) is 20.1 Å². The van der Waals surface area contributed by atoms with Crippen molar-refractivity contribution < 1.29 is 24.9 Å². The molecule has 4 aliphatic carbocycles. The first kappa shape index (κ1) is 18.8. The fourth-order valence-electron chi connectivity index (χ4n) is 7.85. The SMILES string of the molecule is C[C@]12CC[C@@H]3[C@H](CC[C@]4(O)C[C@H](O)CC[C@@]34CO)C1=CC[C@@H]2C1=CC(=O)OC1. The Morgan fingerprint density at radius 3 is 2.75 bits per heavy atom. The van der Waals surface area contributed by atoms with Crippen LogP contribution in [0.3, 0.4) is 0 Å². The third-order valence-corrected chi connectivity index (χ3v) is 9.28. The fourth-order valence-corrected chi connectivity index (χ4v) is 7.85. The van der Waals surface area contributed by atoms with Crippen LogP contribution in [0.25, 0.3) is 0 Å². The second-order valence-electron chi connectivity index (χ2n) is 10.2. The van der Waals surface area contributed by atoms with Gasteiger partial charge >= 0.3 is 5.97 Å². The van der Waals surface area contributed by atoms with Crippen molar-refractivity contribution in [1.82, 2.24) is 0 Å². The largest absolute Gasteiger partial charge is 0.458 e. The van der Waals surface area contributed by atoms with E-state index in [1.807, 2.05) is 0 Å². The first-order valence-electron chi connectivity index (χ1n) is 10.9. The number of aliphatic hydroxyl groups excluding tert-OH is 2. The highest BCUT2D eigenvalue weighted by atomic mass is 16.5. The maximum Gasteiger partial charge on any atom is 0.331 e. The maximum absolute atomic E-state index is 11.6. The number of allylic oxidation sites excluding steroid dienone is 2. The smallest absolute Gasteiger partial charge is 0.331 e. The molecule has 154 valence electrons. The Balaban J connectivity index is 1.47. The van der Waals surface area contributed by atoms with Crippen molar-refractivity contribution in [1.29, 1.82) is 0 Å². The number of esters is 1. The van der Waals surface area contributed by atoms with E-state index in [0.717, 1.165) is 31.3 Å². The number of carbonyl (C=O) groups is 1. The summed E-state index contributed by atoms with van der Waals surface area (Å²) in [7, 11) is 0. The molecule has 0 radical (unpaired) electrons. The van der Waals surface area contributed by atoms with Gasteiger partial charge in [0.05, 0.1) is 18.3 Å². The standard InChI is InChI=1S/C23H32O5/c1-21-7-6-19-16(18(21)3-2-17(21)14-10-20(26)28-12-14)5-9-23(27)11-15(25)4-8-22(19,23)13-24/h3,10,15-17,19,24-25,27H,2,4-9,11-13H2,1H3/t15-,16-,17-,19-,21-,22-,23+/m1/s1. The van der Waals surface area contributed by atoms with Crippen LogP contribution in [0.1, 0.15) is 58.3 Å². The predicted molar refractivity (Wildman–Crippen MR) is 103 cm³/mol. The summed E-state index contributed by atoms with van der Waals surface area (Å²) in [5.41, 5.74) is 1.20. The Hall–Kier alpha value is -1.17. The van der Waals surface area contributed by atoms with Crippen molar-refractivity contribution in [3.05, 3.63) is 23.3 Å². The summed E-state index contributed by atoms with van der Waals surface area (Å²) in [6.45, 7) is 2.76. The summed E-state index contributed by atoms with van der Waals surface area (Å²) in [4.78, 5) is 11.6. The van der Waals surface area contributed by atoms with Crippen molar-refractivity contribution in [3.8, 4) is 0 Å². The van der Waals surface area contributed by atoms with Crippen LogP contribution in [0, 0.1) is 28.6 Å². The van der Waals surface area contributed by atoms with Gasteiger partial charge in [-0.3, -0.25) is 0 Å². The summed E-state index contributed by atoms with van der Waals surface area (Å²) < 4.78 is 5.19. The van der Waals surface area contributed by atoms with Crippen LogP contribution in [-0.4, -0.2) is 46.2 Å². The van der Waals surface area contributed by atoms with Crippen LogP contribution in [-0.2, 0) is 9.53 Å². The number of hydrogen-bond acceptors (Lipinski definition) is 5. The van der Waals surface area contributed by atoms with Crippen molar-refractivity contribution in [2.45, 2.75) is 70.0 Å². The van der Waals surface area contributed by atoms with Crippen molar-refractivity contribution >= 4 is 5.97 Å². The van der Waals surface area contributed by atoms with Gasteiger partial charge in [-0.1, -0.05) is 18.6 Å². The third kappa shape index (κ3) is 2.33. The molecule has 28 heavy (non-hydrogen) atoms. The van der Waals surface area contributed by atoms with Crippen LogP contribution in [0.15, 0.2) is 23.3 Å². The van der Waals surface area contributed by atoms with Gasteiger partial charge in [0.15, 0.2) is 0 Å².